The second-order valence-electron chi connectivity index (χ2n) is 5.06. The van der Waals surface area contributed by atoms with E-state index in [0.717, 1.165) is 30.6 Å². The summed E-state index contributed by atoms with van der Waals surface area (Å²) in [4.78, 5) is 11.0. The van der Waals surface area contributed by atoms with Gasteiger partial charge in [-0.15, -0.1) is 10.2 Å². The molecule has 8 nitrogen and oxygen atoms in total. The standard InChI is InChI=1S/C11H19N5O3S2/c1-7-4-3-5-9(6-12)16(7)21(18,19)11-15-14-10(20-11)13-8(2)17/h7,9H,3-6,12H2,1-2H3,(H,13,14,17). The summed E-state index contributed by atoms with van der Waals surface area (Å²) in [7, 11) is -3.74. The van der Waals surface area contributed by atoms with E-state index in [4.69, 9.17) is 5.73 Å². The summed E-state index contributed by atoms with van der Waals surface area (Å²) in [5, 5.41) is 10.0. The van der Waals surface area contributed by atoms with Crippen LogP contribution in [0.2, 0.25) is 0 Å². The van der Waals surface area contributed by atoms with Gasteiger partial charge < -0.3 is 11.1 Å². The summed E-state index contributed by atoms with van der Waals surface area (Å²) in [5.74, 6) is -0.318. The van der Waals surface area contributed by atoms with E-state index >= 15 is 0 Å². The van der Waals surface area contributed by atoms with E-state index in [2.05, 4.69) is 15.5 Å². The maximum atomic E-state index is 12.7. The Labute approximate surface area is 127 Å². The Morgan fingerprint density at radius 1 is 1.48 bits per heavy atom. The number of rotatable bonds is 4. The van der Waals surface area contributed by atoms with E-state index in [1.807, 2.05) is 6.92 Å². The lowest BCUT2D eigenvalue weighted by Crippen LogP contribution is -2.51. The van der Waals surface area contributed by atoms with Crippen LogP contribution in [0.3, 0.4) is 0 Å². The van der Waals surface area contributed by atoms with Crippen LogP contribution in [0.4, 0.5) is 5.13 Å². The van der Waals surface area contributed by atoms with Gasteiger partial charge in [-0.05, 0) is 19.8 Å². The van der Waals surface area contributed by atoms with Crippen LogP contribution < -0.4 is 11.1 Å². The van der Waals surface area contributed by atoms with Gasteiger partial charge in [-0.3, -0.25) is 4.79 Å². The lowest BCUT2D eigenvalue weighted by Gasteiger charge is -2.38. The molecule has 2 heterocycles. The van der Waals surface area contributed by atoms with Crippen molar-refractivity contribution in [2.24, 2.45) is 5.73 Å². The number of anilines is 1. The number of piperidine rings is 1. The first-order valence-electron chi connectivity index (χ1n) is 6.71. The monoisotopic (exact) mass is 333 g/mol. The smallest absolute Gasteiger partial charge is 0.272 e. The van der Waals surface area contributed by atoms with E-state index in [0.29, 0.717) is 0 Å². The SMILES string of the molecule is CC(=O)Nc1nnc(S(=O)(=O)N2C(C)CCCC2CN)s1. The van der Waals surface area contributed by atoms with E-state index in [9.17, 15) is 13.2 Å². The Balaban J connectivity index is 2.31. The molecule has 1 aromatic rings. The highest BCUT2D eigenvalue weighted by Crippen LogP contribution is 2.31. The molecule has 0 saturated carbocycles. The molecule has 2 atom stereocenters. The van der Waals surface area contributed by atoms with Gasteiger partial charge in [-0.2, -0.15) is 4.31 Å². The first-order valence-corrected chi connectivity index (χ1v) is 8.96. The minimum Gasteiger partial charge on any atom is -0.329 e. The molecule has 2 unspecified atom stereocenters. The zero-order valence-electron chi connectivity index (χ0n) is 11.9. The largest absolute Gasteiger partial charge is 0.329 e. The fourth-order valence-corrected chi connectivity index (χ4v) is 5.45. The molecule has 10 heteroatoms. The summed E-state index contributed by atoms with van der Waals surface area (Å²) in [6.07, 6.45) is 2.51. The molecule has 1 amide bonds. The van der Waals surface area contributed by atoms with Crippen molar-refractivity contribution in [2.45, 2.75) is 49.5 Å². The highest BCUT2D eigenvalue weighted by atomic mass is 32.2. The lowest BCUT2D eigenvalue weighted by atomic mass is 10.00. The van der Waals surface area contributed by atoms with Gasteiger partial charge in [0, 0.05) is 25.6 Å². The highest BCUT2D eigenvalue weighted by molar-refractivity contribution is 7.91. The average molecular weight is 333 g/mol. The Morgan fingerprint density at radius 2 is 2.19 bits per heavy atom. The van der Waals surface area contributed by atoms with Crippen LogP contribution in [-0.4, -0.2) is 47.5 Å². The third-order valence-electron chi connectivity index (χ3n) is 3.41. The van der Waals surface area contributed by atoms with E-state index in [-0.39, 0.29) is 34.0 Å². The van der Waals surface area contributed by atoms with Gasteiger partial charge in [0.25, 0.3) is 10.0 Å². The zero-order valence-corrected chi connectivity index (χ0v) is 13.6. The molecule has 118 valence electrons. The van der Waals surface area contributed by atoms with Crippen LogP contribution in [0.15, 0.2) is 4.34 Å². The molecule has 1 aliphatic heterocycles. The number of carbonyl (C=O) groups is 1. The van der Waals surface area contributed by atoms with Crippen molar-refractivity contribution in [1.29, 1.82) is 0 Å². The maximum Gasteiger partial charge on any atom is 0.272 e. The Bertz CT molecular complexity index is 615. The maximum absolute atomic E-state index is 12.7. The van der Waals surface area contributed by atoms with Crippen molar-refractivity contribution in [3.8, 4) is 0 Å². The molecule has 21 heavy (non-hydrogen) atoms. The van der Waals surface area contributed by atoms with E-state index in [1.165, 1.54) is 11.2 Å². The van der Waals surface area contributed by atoms with Crippen LogP contribution >= 0.6 is 11.3 Å². The predicted octanol–water partition coefficient (Wildman–Crippen LogP) is 0.387. The van der Waals surface area contributed by atoms with Crippen molar-refractivity contribution in [1.82, 2.24) is 14.5 Å². The van der Waals surface area contributed by atoms with Crippen molar-refractivity contribution < 1.29 is 13.2 Å². The van der Waals surface area contributed by atoms with Crippen LogP contribution in [0.25, 0.3) is 0 Å². The normalized spacial score (nSPS) is 24.0. The number of nitrogens with zero attached hydrogens (tertiary/aromatic N) is 3. The summed E-state index contributed by atoms with van der Waals surface area (Å²) < 4.78 is 26.8. The number of carbonyl (C=O) groups excluding carboxylic acids is 1. The van der Waals surface area contributed by atoms with Gasteiger partial charge in [0.05, 0.1) is 0 Å². The number of nitrogens with two attached hydrogens (primary N) is 1. The van der Waals surface area contributed by atoms with Gasteiger partial charge in [0.2, 0.25) is 15.4 Å². The van der Waals surface area contributed by atoms with Crippen molar-refractivity contribution in [2.75, 3.05) is 11.9 Å². The second-order valence-corrected chi connectivity index (χ2v) is 8.05. The van der Waals surface area contributed by atoms with Gasteiger partial charge >= 0.3 is 0 Å². The number of amides is 1. The quantitative estimate of drug-likeness (QED) is 0.769. The average Bonchev–Trinajstić information content (AvgIpc) is 2.86. The number of nitrogens with one attached hydrogen (secondary N) is 1. The molecule has 0 aliphatic carbocycles. The zero-order chi connectivity index (χ0) is 15.6. The molecular formula is C11H19N5O3S2. The molecule has 2 rings (SSSR count). The highest BCUT2D eigenvalue weighted by Gasteiger charge is 2.39. The van der Waals surface area contributed by atoms with E-state index < -0.39 is 10.0 Å². The van der Waals surface area contributed by atoms with Crippen molar-refractivity contribution >= 4 is 32.4 Å². The molecule has 0 bridgehead atoms. The summed E-state index contributed by atoms with van der Waals surface area (Å²) in [6, 6.07) is -0.336. The minimum atomic E-state index is -3.74. The van der Waals surface area contributed by atoms with Crippen LogP contribution in [-0.2, 0) is 14.8 Å². The van der Waals surface area contributed by atoms with Crippen molar-refractivity contribution in [3.63, 3.8) is 0 Å². The topological polar surface area (TPSA) is 118 Å². The Hall–Kier alpha value is -1.10. The number of sulfonamides is 1. The van der Waals surface area contributed by atoms with Crippen LogP contribution in [0.1, 0.15) is 33.1 Å². The summed E-state index contributed by atoms with van der Waals surface area (Å²) >= 11 is 0.852. The summed E-state index contributed by atoms with van der Waals surface area (Å²) in [5.41, 5.74) is 5.71. The molecule has 0 radical (unpaired) electrons. The Morgan fingerprint density at radius 3 is 2.81 bits per heavy atom. The second kappa shape index (κ2) is 6.34. The number of hydrogen-bond donors (Lipinski definition) is 2. The molecule has 0 spiro atoms. The molecule has 3 N–H and O–H groups in total. The third-order valence-corrected chi connectivity index (χ3v) is 6.66. The molecule has 1 aromatic heterocycles. The number of aromatic nitrogens is 2. The molecule has 1 fully saturated rings. The molecule has 1 saturated heterocycles. The Kier molecular flexibility index (Phi) is 4.91. The predicted molar refractivity (Wildman–Crippen MR) is 79.4 cm³/mol. The third kappa shape index (κ3) is 3.39. The lowest BCUT2D eigenvalue weighted by molar-refractivity contribution is -0.114. The molecular weight excluding hydrogens is 314 g/mol. The summed E-state index contributed by atoms with van der Waals surface area (Å²) in [6.45, 7) is 3.47. The van der Waals surface area contributed by atoms with Gasteiger partial charge in [0.15, 0.2) is 0 Å². The first kappa shape index (κ1) is 16.3. The number of hydrogen-bond acceptors (Lipinski definition) is 7. The van der Waals surface area contributed by atoms with Crippen molar-refractivity contribution in [3.05, 3.63) is 0 Å². The van der Waals surface area contributed by atoms with Crippen LogP contribution in [0.5, 0.6) is 0 Å². The van der Waals surface area contributed by atoms with Crippen LogP contribution in [0, 0.1) is 0 Å². The van der Waals surface area contributed by atoms with Gasteiger partial charge in [-0.25, -0.2) is 8.42 Å². The molecule has 1 aliphatic rings. The fourth-order valence-electron chi connectivity index (χ4n) is 2.52. The van der Waals surface area contributed by atoms with E-state index in [1.54, 1.807) is 0 Å². The van der Waals surface area contributed by atoms with Gasteiger partial charge in [0.1, 0.15) is 0 Å². The minimum absolute atomic E-state index is 0.113. The molecule has 0 aromatic carbocycles. The van der Waals surface area contributed by atoms with Gasteiger partial charge in [-0.1, -0.05) is 17.8 Å². The first-order chi connectivity index (χ1) is 9.86. The fraction of sp³-hybridized carbons (Fsp3) is 0.727.